The Bertz CT molecular complexity index is 1000. The SMILES string of the molecule is O=C(NC1CCC(Nc2ccnc3cc(Cl)ccc23)CC1)c1cccc(Br)c1. The van der Waals surface area contributed by atoms with Crippen LogP contribution in [0.2, 0.25) is 5.02 Å². The van der Waals surface area contributed by atoms with Crippen molar-refractivity contribution in [2.24, 2.45) is 0 Å². The number of nitrogens with one attached hydrogen (secondary N) is 2. The average Bonchev–Trinajstić information content (AvgIpc) is 2.69. The van der Waals surface area contributed by atoms with E-state index < -0.39 is 0 Å². The Morgan fingerprint density at radius 2 is 1.82 bits per heavy atom. The summed E-state index contributed by atoms with van der Waals surface area (Å²) >= 11 is 9.49. The van der Waals surface area contributed by atoms with Gasteiger partial charge >= 0.3 is 0 Å². The number of carbonyl (C=O) groups is 1. The molecule has 6 heteroatoms. The zero-order valence-corrected chi connectivity index (χ0v) is 17.6. The molecular formula is C22H21BrClN3O. The number of fused-ring (bicyclic) bond motifs is 1. The maximum atomic E-state index is 12.4. The van der Waals surface area contributed by atoms with E-state index in [4.69, 9.17) is 11.6 Å². The van der Waals surface area contributed by atoms with Crippen molar-refractivity contribution in [1.29, 1.82) is 0 Å². The number of rotatable bonds is 4. The molecule has 3 aromatic rings. The molecular weight excluding hydrogens is 438 g/mol. The van der Waals surface area contributed by atoms with Crippen molar-refractivity contribution in [2.75, 3.05) is 5.32 Å². The van der Waals surface area contributed by atoms with E-state index in [0.717, 1.165) is 46.7 Å². The Labute approximate surface area is 177 Å². The summed E-state index contributed by atoms with van der Waals surface area (Å²) in [6.45, 7) is 0. The summed E-state index contributed by atoms with van der Waals surface area (Å²) in [5, 5.41) is 8.60. The van der Waals surface area contributed by atoms with E-state index >= 15 is 0 Å². The van der Waals surface area contributed by atoms with Gasteiger partial charge in [-0.05, 0) is 68.1 Å². The third-order valence-corrected chi connectivity index (χ3v) is 5.94. The van der Waals surface area contributed by atoms with Crippen LogP contribution in [0.1, 0.15) is 36.0 Å². The summed E-state index contributed by atoms with van der Waals surface area (Å²) < 4.78 is 0.916. The van der Waals surface area contributed by atoms with Gasteiger partial charge < -0.3 is 10.6 Å². The summed E-state index contributed by atoms with van der Waals surface area (Å²) in [6.07, 6.45) is 5.77. The molecule has 0 spiro atoms. The highest BCUT2D eigenvalue weighted by Gasteiger charge is 2.23. The highest BCUT2D eigenvalue weighted by Crippen LogP contribution is 2.28. The van der Waals surface area contributed by atoms with Crippen LogP contribution in [0.15, 0.2) is 59.2 Å². The predicted octanol–water partition coefficient (Wildman–Crippen LogP) is 5.80. The first-order valence-corrected chi connectivity index (χ1v) is 10.6. The predicted molar refractivity (Wildman–Crippen MR) is 118 cm³/mol. The molecule has 1 heterocycles. The number of aromatic nitrogens is 1. The molecule has 0 unspecified atom stereocenters. The summed E-state index contributed by atoms with van der Waals surface area (Å²) in [5.74, 6) is -0.00489. The second-order valence-electron chi connectivity index (χ2n) is 7.20. The van der Waals surface area contributed by atoms with Gasteiger partial charge in [-0.1, -0.05) is 33.6 Å². The smallest absolute Gasteiger partial charge is 0.251 e. The number of carbonyl (C=O) groups excluding carboxylic acids is 1. The van der Waals surface area contributed by atoms with Crippen LogP contribution < -0.4 is 10.6 Å². The van der Waals surface area contributed by atoms with Crippen molar-refractivity contribution in [1.82, 2.24) is 10.3 Å². The van der Waals surface area contributed by atoms with Crippen LogP contribution in [-0.2, 0) is 0 Å². The van der Waals surface area contributed by atoms with E-state index in [1.54, 1.807) is 0 Å². The minimum Gasteiger partial charge on any atom is -0.382 e. The van der Waals surface area contributed by atoms with Gasteiger partial charge in [0.2, 0.25) is 0 Å². The van der Waals surface area contributed by atoms with Gasteiger partial charge in [-0.15, -0.1) is 0 Å². The fraction of sp³-hybridized carbons (Fsp3) is 0.273. The summed E-state index contributed by atoms with van der Waals surface area (Å²) in [7, 11) is 0. The van der Waals surface area contributed by atoms with Crippen LogP contribution in [0.4, 0.5) is 5.69 Å². The zero-order valence-electron chi connectivity index (χ0n) is 15.3. The molecule has 0 bridgehead atoms. The van der Waals surface area contributed by atoms with Crippen LogP contribution in [-0.4, -0.2) is 23.0 Å². The molecule has 28 heavy (non-hydrogen) atoms. The topological polar surface area (TPSA) is 54.0 Å². The van der Waals surface area contributed by atoms with Gasteiger partial charge in [-0.25, -0.2) is 0 Å². The Hall–Kier alpha value is -2.11. The molecule has 0 aliphatic heterocycles. The van der Waals surface area contributed by atoms with Crippen molar-refractivity contribution in [2.45, 2.75) is 37.8 Å². The van der Waals surface area contributed by atoms with Gasteiger partial charge in [-0.3, -0.25) is 9.78 Å². The standard InChI is InChI=1S/C22H21BrClN3O/c23-15-3-1-2-14(12-15)22(28)27-18-7-5-17(6-8-18)26-20-10-11-25-21-13-16(24)4-9-19(20)21/h1-4,9-13,17-18H,5-8H2,(H,25,26)(H,27,28). The monoisotopic (exact) mass is 457 g/mol. The molecule has 1 aromatic heterocycles. The van der Waals surface area contributed by atoms with Crippen molar-refractivity contribution < 1.29 is 4.79 Å². The average molecular weight is 459 g/mol. The molecule has 1 amide bonds. The van der Waals surface area contributed by atoms with Gasteiger partial charge in [0.1, 0.15) is 0 Å². The lowest BCUT2D eigenvalue weighted by Gasteiger charge is -2.30. The number of anilines is 1. The highest BCUT2D eigenvalue weighted by molar-refractivity contribution is 9.10. The zero-order chi connectivity index (χ0) is 19.5. The fourth-order valence-electron chi connectivity index (χ4n) is 3.75. The largest absolute Gasteiger partial charge is 0.382 e. The Balaban J connectivity index is 1.35. The van der Waals surface area contributed by atoms with Gasteiger partial charge in [0.05, 0.1) is 5.52 Å². The maximum Gasteiger partial charge on any atom is 0.251 e. The van der Waals surface area contributed by atoms with Crippen LogP contribution in [0.5, 0.6) is 0 Å². The molecule has 2 aromatic carbocycles. The van der Waals surface area contributed by atoms with Gasteiger partial charge in [0.15, 0.2) is 0 Å². The van der Waals surface area contributed by atoms with E-state index in [1.165, 1.54) is 0 Å². The van der Waals surface area contributed by atoms with E-state index in [9.17, 15) is 4.79 Å². The quantitative estimate of drug-likeness (QED) is 0.519. The summed E-state index contributed by atoms with van der Waals surface area (Å²) in [4.78, 5) is 16.8. The van der Waals surface area contributed by atoms with Gasteiger partial charge in [0, 0.05) is 44.4 Å². The second kappa shape index (κ2) is 8.50. The normalized spacial score (nSPS) is 19.4. The van der Waals surface area contributed by atoms with Crippen LogP contribution in [0, 0.1) is 0 Å². The number of pyridine rings is 1. The first-order chi connectivity index (χ1) is 13.6. The van der Waals surface area contributed by atoms with E-state index in [0.29, 0.717) is 16.6 Å². The molecule has 4 rings (SSSR count). The molecule has 2 N–H and O–H groups in total. The molecule has 144 valence electrons. The van der Waals surface area contributed by atoms with E-state index in [1.807, 2.05) is 54.7 Å². The fourth-order valence-corrected chi connectivity index (χ4v) is 4.31. The van der Waals surface area contributed by atoms with E-state index in [-0.39, 0.29) is 11.9 Å². The number of amides is 1. The lowest BCUT2D eigenvalue weighted by atomic mass is 9.90. The Morgan fingerprint density at radius 1 is 1.04 bits per heavy atom. The lowest BCUT2D eigenvalue weighted by Crippen LogP contribution is -2.40. The van der Waals surface area contributed by atoms with Gasteiger partial charge in [-0.2, -0.15) is 0 Å². The number of nitrogens with zero attached hydrogens (tertiary/aromatic N) is 1. The number of hydrogen-bond acceptors (Lipinski definition) is 3. The Morgan fingerprint density at radius 3 is 2.61 bits per heavy atom. The third kappa shape index (κ3) is 4.47. The Kier molecular flexibility index (Phi) is 5.83. The second-order valence-corrected chi connectivity index (χ2v) is 8.55. The van der Waals surface area contributed by atoms with Crippen molar-refractivity contribution in [3.8, 4) is 0 Å². The molecule has 0 atom stereocenters. The third-order valence-electron chi connectivity index (χ3n) is 5.21. The van der Waals surface area contributed by atoms with Crippen molar-refractivity contribution in [3.05, 3.63) is 69.8 Å². The van der Waals surface area contributed by atoms with Gasteiger partial charge in [0.25, 0.3) is 5.91 Å². The first kappa shape index (κ1) is 19.2. The molecule has 0 radical (unpaired) electrons. The molecule has 4 nitrogen and oxygen atoms in total. The molecule has 1 aliphatic carbocycles. The molecule has 1 fully saturated rings. The molecule has 0 saturated heterocycles. The number of hydrogen-bond donors (Lipinski definition) is 2. The number of benzene rings is 2. The van der Waals surface area contributed by atoms with Crippen molar-refractivity contribution in [3.63, 3.8) is 0 Å². The summed E-state index contributed by atoms with van der Waals surface area (Å²) in [6, 6.07) is 15.9. The van der Waals surface area contributed by atoms with Crippen molar-refractivity contribution >= 4 is 50.0 Å². The highest BCUT2D eigenvalue weighted by atomic mass is 79.9. The van der Waals surface area contributed by atoms with Crippen LogP contribution >= 0.6 is 27.5 Å². The first-order valence-electron chi connectivity index (χ1n) is 9.46. The minimum atomic E-state index is -0.00489. The summed E-state index contributed by atoms with van der Waals surface area (Å²) in [5.41, 5.74) is 2.67. The number of halogens is 2. The molecule has 1 aliphatic rings. The minimum absolute atomic E-state index is 0.00489. The maximum absolute atomic E-state index is 12.4. The van der Waals surface area contributed by atoms with Crippen LogP contribution in [0.25, 0.3) is 10.9 Å². The van der Waals surface area contributed by atoms with Crippen LogP contribution in [0.3, 0.4) is 0 Å². The lowest BCUT2D eigenvalue weighted by molar-refractivity contribution is 0.0926. The molecule has 1 saturated carbocycles. The van der Waals surface area contributed by atoms with E-state index in [2.05, 4.69) is 31.5 Å².